The molecular weight excluding hydrogens is 452 g/mol. The molecular formula is C24H34N4O5Si. The van der Waals surface area contributed by atoms with Crippen LogP contribution in [0.3, 0.4) is 0 Å². The first kappa shape index (κ1) is 24.3. The summed E-state index contributed by atoms with van der Waals surface area (Å²) in [6.07, 6.45) is 3.04. The summed E-state index contributed by atoms with van der Waals surface area (Å²) in [5.41, 5.74) is 1.71. The lowest BCUT2D eigenvalue weighted by Gasteiger charge is -2.34. The van der Waals surface area contributed by atoms with Gasteiger partial charge in [0, 0.05) is 52.3 Å². The van der Waals surface area contributed by atoms with Gasteiger partial charge in [0.2, 0.25) is 5.91 Å². The number of urea groups is 1. The monoisotopic (exact) mass is 486 g/mol. The van der Waals surface area contributed by atoms with Crippen molar-refractivity contribution in [1.82, 2.24) is 14.4 Å². The van der Waals surface area contributed by atoms with E-state index in [4.69, 9.17) is 4.74 Å². The van der Waals surface area contributed by atoms with Gasteiger partial charge in [-0.15, -0.1) is 0 Å². The molecule has 0 radical (unpaired) electrons. The van der Waals surface area contributed by atoms with Gasteiger partial charge in [0.05, 0.1) is 17.2 Å². The van der Waals surface area contributed by atoms with E-state index in [-0.39, 0.29) is 31.1 Å². The predicted molar refractivity (Wildman–Crippen MR) is 133 cm³/mol. The number of likely N-dealkylation sites (tertiary alicyclic amines) is 1. The lowest BCUT2D eigenvalue weighted by Crippen LogP contribution is -2.53. The zero-order valence-corrected chi connectivity index (χ0v) is 21.2. The van der Waals surface area contributed by atoms with E-state index in [2.05, 4.69) is 24.2 Å². The summed E-state index contributed by atoms with van der Waals surface area (Å²) in [6.45, 7) is 8.62. The zero-order valence-electron chi connectivity index (χ0n) is 20.2. The van der Waals surface area contributed by atoms with Crippen LogP contribution >= 0.6 is 0 Å². The van der Waals surface area contributed by atoms with E-state index in [1.807, 2.05) is 30.5 Å². The molecule has 1 aromatic carbocycles. The highest BCUT2D eigenvalue weighted by Gasteiger charge is 2.34. The largest absolute Gasteiger partial charge is 0.465 e. The topological polar surface area (TPSA) is 95.3 Å². The number of imide groups is 1. The lowest BCUT2D eigenvalue weighted by atomic mass is 10.1. The number of fused-ring (bicyclic) bond motifs is 1. The molecule has 34 heavy (non-hydrogen) atoms. The van der Waals surface area contributed by atoms with E-state index >= 15 is 0 Å². The molecule has 0 saturated carbocycles. The molecule has 2 aliphatic rings. The molecule has 9 nitrogen and oxygen atoms in total. The van der Waals surface area contributed by atoms with Crippen molar-refractivity contribution in [3.63, 3.8) is 0 Å². The van der Waals surface area contributed by atoms with Crippen molar-refractivity contribution in [3.8, 4) is 0 Å². The number of aromatic nitrogens is 1. The van der Waals surface area contributed by atoms with Crippen molar-refractivity contribution in [2.24, 2.45) is 0 Å². The Hall–Kier alpha value is -2.85. The second-order valence-corrected chi connectivity index (χ2v) is 15.9. The number of carbonyl (C=O) groups excluding carboxylic acids is 2. The second kappa shape index (κ2) is 9.79. The summed E-state index contributed by atoms with van der Waals surface area (Å²) in [7, 11) is -1.26. The Bertz CT molecular complexity index is 1080. The number of anilines is 1. The minimum Gasteiger partial charge on any atom is -0.465 e. The van der Waals surface area contributed by atoms with Crippen LogP contribution in [0.25, 0.3) is 10.9 Å². The fraction of sp³-hybridized carbons (Fsp3) is 0.542. The summed E-state index contributed by atoms with van der Waals surface area (Å²) in [5, 5.41) is 10.3. The van der Waals surface area contributed by atoms with Crippen molar-refractivity contribution < 1.29 is 24.2 Å². The number of rotatable bonds is 7. The molecule has 2 fully saturated rings. The third kappa shape index (κ3) is 5.12. The van der Waals surface area contributed by atoms with Crippen LogP contribution in [-0.4, -0.2) is 78.6 Å². The van der Waals surface area contributed by atoms with Gasteiger partial charge < -0.3 is 19.3 Å². The van der Waals surface area contributed by atoms with E-state index < -0.39 is 14.2 Å². The van der Waals surface area contributed by atoms with E-state index in [1.54, 1.807) is 4.90 Å². The van der Waals surface area contributed by atoms with Gasteiger partial charge in [-0.25, -0.2) is 14.5 Å². The third-order valence-corrected chi connectivity index (χ3v) is 8.32. The Morgan fingerprint density at radius 2 is 1.97 bits per heavy atom. The van der Waals surface area contributed by atoms with Gasteiger partial charge in [0.25, 0.3) is 0 Å². The standard InChI is InChI=1S/C24H34N4O5Si/c1-34(2,3)15-14-33-17-28-22(29)10-13-27(23(28)30)21-8-4-7-20-19(21)9-12-26(20)18-6-5-11-25(16-18)24(31)32/h4,7-9,12,18H,5-6,10-11,13-17H2,1-3H3,(H,31,32). The molecule has 4 amide bonds. The molecule has 1 unspecified atom stereocenters. The second-order valence-electron chi connectivity index (χ2n) is 10.3. The maximum atomic E-state index is 13.3. The lowest BCUT2D eigenvalue weighted by molar-refractivity contribution is -0.133. The van der Waals surface area contributed by atoms with Crippen LogP contribution in [0.4, 0.5) is 15.3 Å². The maximum Gasteiger partial charge on any atom is 0.407 e. The van der Waals surface area contributed by atoms with Crippen molar-refractivity contribution in [1.29, 1.82) is 0 Å². The molecule has 0 spiro atoms. The third-order valence-electron chi connectivity index (χ3n) is 6.62. The number of carbonyl (C=O) groups is 3. The Labute approximate surface area is 200 Å². The number of amides is 4. The van der Waals surface area contributed by atoms with E-state index in [0.29, 0.717) is 26.2 Å². The van der Waals surface area contributed by atoms with E-state index in [1.165, 1.54) is 9.80 Å². The van der Waals surface area contributed by atoms with Crippen LogP contribution in [0.2, 0.25) is 25.7 Å². The van der Waals surface area contributed by atoms with E-state index in [9.17, 15) is 19.5 Å². The predicted octanol–water partition coefficient (Wildman–Crippen LogP) is 4.43. The Balaban J connectivity index is 1.53. The number of benzene rings is 1. The molecule has 0 bridgehead atoms. The number of hydrogen-bond acceptors (Lipinski definition) is 4. The Morgan fingerprint density at radius 3 is 2.71 bits per heavy atom. The van der Waals surface area contributed by atoms with Crippen LogP contribution in [0.15, 0.2) is 30.5 Å². The first-order chi connectivity index (χ1) is 16.2. The van der Waals surface area contributed by atoms with E-state index in [0.717, 1.165) is 35.5 Å². The van der Waals surface area contributed by atoms with Gasteiger partial charge in [0.15, 0.2) is 0 Å². The number of ether oxygens (including phenoxy) is 1. The summed E-state index contributed by atoms with van der Waals surface area (Å²) < 4.78 is 7.83. The van der Waals surface area contributed by atoms with Crippen molar-refractivity contribution in [2.75, 3.05) is 37.9 Å². The average molecular weight is 487 g/mol. The van der Waals surface area contributed by atoms with Gasteiger partial charge in [-0.2, -0.15) is 0 Å². The molecule has 1 N–H and O–H groups in total. The number of hydrogen-bond donors (Lipinski definition) is 1. The van der Waals surface area contributed by atoms with Gasteiger partial charge in [-0.3, -0.25) is 9.69 Å². The average Bonchev–Trinajstić information content (AvgIpc) is 3.22. The molecule has 184 valence electrons. The van der Waals surface area contributed by atoms with Gasteiger partial charge >= 0.3 is 12.1 Å². The molecule has 0 aliphatic carbocycles. The smallest absolute Gasteiger partial charge is 0.407 e. The highest BCUT2D eigenvalue weighted by molar-refractivity contribution is 6.76. The zero-order chi connectivity index (χ0) is 24.5. The Kier molecular flexibility index (Phi) is 6.99. The fourth-order valence-electron chi connectivity index (χ4n) is 4.66. The minimum atomic E-state index is -1.26. The van der Waals surface area contributed by atoms with Gasteiger partial charge in [-0.05, 0) is 37.1 Å². The normalized spacial score (nSPS) is 19.9. The van der Waals surface area contributed by atoms with Crippen molar-refractivity contribution >= 4 is 42.7 Å². The molecule has 10 heteroatoms. The molecule has 4 rings (SSSR count). The first-order valence-electron chi connectivity index (χ1n) is 11.9. The van der Waals surface area contributed by atoms with Gasteiger partial charge in [-0.1, -0.05) is 25.7 Å². The Morgan fingerprint density at radius 1 is 1.18 bits per heavy atom. The minimum absolute atomic E-state index is 0.0251. The fourth-order valence-corrected chi connectivity index (χ4v) is 5.41. The molecule has 1 atom stereocenters. The SMILES string of the molecule is C[Si](C)(C)CCOCN1C(=O)CCN(c2cccc3c2ccn3C2CCCN(C(=O)O)C2)C1=O. The number of carboxylic acid groups (broad SMARTS) is 1. The van der Waals surface area contributed by atoms with Crippen LogP contribution in [0.1, 0.15) is 25.3 Å². The summed E-state index contributed by atoms with van der Waals surface area (Å²) >= 11 is 0. The molecule has 2 aliphatic heterocycles. The quantitative estimate of drug-likeness (QED) is 0.462. The number of nitrogens with zero attached hydrogens (tertiary/aromatic N) is 4. The van der Waals surface area contributed by atoms with Crippen molar-refractivity contribution in [2.45, 2.75) is 51.0 Å². The molecule has 1 aromatic heterocycles. The van der Waals surface area contributed by atoms with Crippen molar-refractivity contribution in [3.05, 3.63) is 30.5 Å². The van der Waals surface area contributed by atoms with Crippen LogP contribution in [-0.2, 0) is 9.53 Å². The molecule has 2 aromatic rings. The number of piperidine rings is 1. The highest BCUT2D eigenvalue weighted by atomic mass is 28.3. The summed E-state index contributed by atoms with van der Waals surface area (Å²) in [6, 6.07) is 8.43. The maximum absolute atomic E-state index is 13.3. The molecule has 2 saturated heterocycles. The molecule has 3 heterocycles. The van der Waals surface area contributed by atoms with Crippen LogP contribution < -0.4 is 4.90 Å². The summed E-state index contributed by atoms with van der Waals surface area (Å²) in [4.78, 5) is 41.5. The first-order valence-corrected chi connectivity index (χ1v) is 15.6. The van der Waals surface area contributed by atoms with Gasteiger partial charge in [0.1, 0.15) is 6.73 Å². The highest BCUT2D eigenvalue weighted by Crippen LogP contribution is 2.33. The van der Waals surface area contributed by atoms with Crippen LogP contribution in [0.5, 0.6) is 0 Å². The van der Waals surface area contributed by atoms with Crippen LogP contribution in [0, 0.1) is 0 Å². The summed E-state index contributed by atoms with van der Waals surface area (Å²) in [5.74, 6) is -0.213.